The highest BCUT2D eigenvalue weighted by atomic mass is 35.5. The number of nitrogens with one attached hydrogen (secondary N) is 1. The molecule has 2 aromatic carbocycles. The van der Waals surface area contributed by atoms with E-state index in [2.05, 4.69) is 5.32 Å². The van der Waals surface area contributed by atoms with Crippen molar-refractivity contribution in [2.24, 2.45) is 0 Å². The molecule has 2 rings (SSSR count). The van der Waals surface area contributed by atoms with Gasteiger partial charge in [-0.2, -0.15) is 0 Å². The van der Waals surface area contributed by atoms with Gasteiger partial charge in [0.15, 0.2) is 6.10 Å². The van der Waals surface area contributed by atoms with E-state index in [1.54, 1.807) is 19.1 Å². The van der Waals surface area contributed by atoms with Crippen LogP contribution in [0.1, 0.15) is 12.5 Å². The molecule has 1 amide bonds. The van der Waals surface area contributed by atoms with Crippen LogP contribution in [0.5, 0.6) is 11.5 Å². The number of methoxy groups -OCH3 is 1. The second-order valence-electron chi connectivity index (χ2n) is 5.32. The first-order chi connectivity index (χ1) is 11.8. The molecule has 0 aliphatic carbocycles. The summed E-state index contributed by atoms with van der Waals surface area (Å²) in [5.41, 5.74) is 1.33. The zero-order valence-electron chi connectivity index (χ0n) is 13.9. The first-order valence-electron chi connectivity index (χ1n) is 7.38. The maximum atomic E-state index is 12.3. The number of anilines is 1. The van der Waals surface area contributed by atoms with E-state index >= 15 is 0 Å². The molecule has 1 atom stereocenters. The highest BCUT2D eigenvalue weighted by molar-refractivity contribution is 6.32. The Morgan fingerprint density at radius 3 is 2.52 bits per heavy atom. The SMILES string of the molecule is COc1ccc(C)cc1NC(=O)[C@H](C)Oc1ccc([N+](=O)[O-])cc1Cl. The van der Waals surface area contributed by atoms with E-state index < -0.39 is 16.9 Å². The number of nitrogens with zero attached hydrogens (tertiary/aromatic N) is 1. The van der Waals surface area contributed by atoms with E-state index in [4.69, 9.17) is 21.1 Å². The lowest BCUT2D eigenvalue weighted by molar-refractivity contribution is -0.384. The van der Waals surface area contributed by atoms with Gasteiger partial charge in [-0.15, -0.1) is 0 Å². The number of amides is 1. The number of hydrogen-bond donors (Lipinski definition) is 1. The Morgan fingerprint density at radius 2 is 1.92 bits per heavy atom. The van der Waals surface area contributed by atoms with Gasteiger partial charge in [0.2, 0.25) is 0 Å². The fourth-order valence-corrected chi connectivity index (χ4v) is 2.32. The second kappa shape index (κ2) is 7.85. The number of hydrogen-bond acceptors (Lipinski definition) is 5. The van der Waals surface area contributed by atoms with Gasteiger partial charge in [0.05, 0.1) is 22.7 Å². The third kappa shape index (κ3) is 4.60. The average Bonchev–Trinajstić information content (AvgIpc) is 2.56. The number of nitro groups is 1. The molecule has 7 nitrogen and oxygen atoms in total. The van der Waals surface area contributed by atoms with Crippen molar-refractivity contribution in [3.8, 4) is 11.5 Å². The van der Waals surface area contributed by atoms with Crippen molar-refractivity contribution in [3.63, 3.8) is 0 Å². The third-order valence-electron chi connectivity index (χ3n) is 3.41. The normalized spacial score (nSPS) is 11.5. The number of aryl methyl sites for hydroxylation is 1. The van der Waals surface area contributed by atoms with E-state index in [9.17, 15) is 14.9 Å². The third-order valence-corrected chi connectivity index (χ3v) is 3.71. The van der Waals surface area contributed by atoms with Crippen molar-refractivity contribution < 1.29 is 19.2 Å². The average molecular weight is 365 g/mol. The first kappa shape index (κ1) is 18.5. The molecular weight excluding hydrogens is 348 g/mol. The van der Waals surface area contributed by atoms with Crippen LogP contribution in [0.25, 0.3) is 0 Å². The molecule has 0 saturated heterocycles. The molecule has 1 N–H and O–H groups in total. The molecule has 0 aromatic heterocycles. The predicted octanol–water partition coefficient (Wildman–Crippen LogP) is 3.97. The van der Waals surface area contributed by atoms with E-state index in [-0.39, 0.29) is 16.5 Å². The summed E-state index contributed by atoms with van der Waals surface area (Å²) < 4.78 is 10.7. The van der Waals surface area contributed by atoms with Gasteiger partial charge >= 0.3 is 0 Å². The van der Waals surface area contributed by atoms with Gasteiger partial charge in [-0.25, -0.2) is 0 Å². The molecule has 0 fully saturated rings. The Kier molecular flexibility index (Phi) is 5.82. The highest BCUT2D eigenvalue weighted by Crippen LogP contribution is 2.30. The summed E-state index contributed by atoms with van der Waals surface area (Å²) >= 11 is 5.97. The van der Waals surface area contributed by atoms with Gasteiger partial charge in [-0.05, 0) is 37.6 Å². The van der Waals surface area contributed by atoms with Crippen LogP contribution in [0.4, 0.5) is 11.4 Å². The van der Waals surface area contributed by atoms with Crippen LogP contribution in [0, 0.1) is 17.0 Å². The largest absolute Gasteiger partial charge is 0.495 e. The van der Waals surface area contributed by atoms with Crippen molar-refractivity contribution in [2.75, 3.05) is 12.4 Å². The number of carbonyl (C=O) groups is 1. The topological polar surface area (TPSA) is 90.7 Å². The summed E-state index contributed by atoms with van der Waals surface area (Å²) in [7, 11) is 1.51. The van der Waals surface area contributed by atoms with Crippen LogP contribution in [-0.4, -0.2) is 24.0 Å². The molecular formula is C17H17ClN2O5. The monoisotopic (exact) mass is 364 g/mol. The standard InChI is InChI=1S/C17H17ClN2O5/c1-10-4-6-16(24-3)14(8-10)19-17(21)11(2)25-15-7-5-12(20(22)23)9-13(15)18/h4-9,11H,1-3H3,(H,19,21)/t11-/m0/s1. The molecule has 25 heavy (non-hydrogen) atoms. The number of rotatable bonds is 6. The van der Waals surface area contributed by atoms with Crippen LogP contribution in [0.2, 0.25) is 5.02 Å². The zero-order valence-corrected chi connectivity index (χ0v) is 14.7. The Hall–Kier alpha value is -2.80. The quantitative estimate of drug-likeness (QED) is 0.618. The molecule has 0 unspecified atom stereocenters. The Balaban J connectivity index is 2.11. The summed E-state index contributed by atoms with van der Waals surface area (Å²) in [6.45, 7) is 3.45. The van der Waals surface area contributed by atoms with Gasteiger partial charge in [0.1, 0.15) is 11.5 Å². The number of ether oxygens (including phenoxy) is 2. The van der Waals surface area contributed by atoms with Crippen LogP contribution < -0.4 is 14.8 Å². The minimum Gasteiger partial charge on any atom is -0.495 e. The second-order valence-corrected chi connectivity index (χ2v) is 5.73. The number of non-ortho nitro benzene ring substituents is 1. The van der Waals surface area contributed by atoms with E-state index in [0.717, 1.165) is 5.56 Å². The van der Waals surface area contributed by atoms with E-state index in [1.165, 1.54) is 25.3 Å². The summed E-state index contributed by atoms with van der Waals surface area (Å²) in [5.74, 6) is 0.309. The highest BCUT2D eigenvalue weighted by Gasteiger charge is 2.19. The summed E-state index contributed by atoms with van der Waals surface area (Å²) in [5, 5.41) is 13.5. The molecule has 0 heterocycles. The Labute approximate surface area is 149 Å². The fraction of sp³-hybridized carbons (Fsp3) is 0.235. The molecule has 0 bridgehead atoms. The molecule has 0 aliphatic heterocycles. The predicted molar refractivity (Wildman–Crippen MR) is 94.6 cm³/mol. The smallest absolute Gasteiger partial charge is 0.271 e. The van der Waals surface area contributed by atoms with Gasteiger partial charge in [0, 0.05) is 12.1 Å². The Bertz CT molecular complexity index is 810. The summed E-state index contributed by atoms with van der Waals surface area (Å²) in [6, 6.07) is 9.19. The number of halogens is 1. The van der Waals surface area contributed by atoms with Crippen LogP contribution in [0.3, 0.4) is 0 Å². The van der Waals surface area contributed by atoms with Crippen molar-refractivity contribution in [1.29, 1.82) is 0 Å². The van der Waals surface area contributed by atoms with Crippen molar-refractivity contribution >= 4 is 28.9 Å². The van der Waals surface area contributed by atoms with Crippen molar-refractivity contribution in [3.05, 3.63) is 57.1 Å². The maximum Gasteiger partial charge on any atom is 0.271 e. The Morgan fingerprint density at radius 1 is 1.24 bits per heavy atom. The number of nitro benzene ring substituents is 1. The van der Waals surface area contributed by atoms with Crippen LogP contribution in [-0.2, 0) is 4.79 Å². The first-order valence-corrected chi connectivity index (χ1v) is 7.75. The van der Waals surface area contributed by atoms with Gasteiger partial charge in [-0.1, -0.05) is 17.7 Å². The molecule has 2 aromatic rings. The molecule has 0 saturated carbocycles. The summed E-state index contributed by atoms with van der Waals surface area (Å²) in [4.78, 5) is 22.5. The van der Waals surface area contributed by atoms with Crippen molar-refractivity contribution in [2.45, 2.75) is 20.0 Å². The maximum absolute atomic E-state index is 12.3. The van der Waals surface area contributed by atoms with Gasteiger partial charge < -0.3 is 14.8 Å². The molecule has 0 radical (unpaired) electrons. The van der Waals surface area contributed by atoms with Gasteiger partial charge in [0.25, 0.3) is 11.6 Å². The van der Waals surface area contributed by atoms with Crippen LogP contribution >= 0.6 is 11.6 Å². The lowest BCUT2D eigenvalue weighted by atomic mass is 10.2. The molecule has 0 aliphatic rings. The minimum atomic E-state index is -0.871. The lowest BCUT2D eigenvalue weighted by Gasteiger charge is -2.17. The minimum absolute atomic E-state index is 0.0574. The van der Waals surface area contributed by atoms with Crippen LogP contribution in [0.15, 0.2) is 36.4 Å². The molecule has 0 spiro atoms. The number of carbonyl (C=O) groups excluding carboxylic acids is 1. The molecule has 8 heteroatoms. The van der Waals surface area contributed by atoms with E-state index in [0.29, 0.717) is 11.4 Å². The molecule has 132 valence electrons. The van der Waals surface area contributed by atoms with Crippen molar-refractivity contribution in [1.82, 2.24) is 0 Å². The summed E-state index contributed by atoms with van der Waals surface area (Å²) in [6.07, 6.45) is -0.871. The van der Waals surface area contributed by atoms with E-state index in [1.807, 2.05) is 13.0 Å². The number of benzene rings is 2. The fourth-order valence-electron chi connectivity index (χ4n) is 2.10. The lowest BCUT2D eigenvalue weighted by Crippen LogP contribution is -2.30. The van der Waals surface area contributed by atoms with Gasteiger partial charge in [-0.3, -0.25) is 14.9 Å². The zero-order chi connectivity index (χ0) is 18.6.